The van der Waals surface area contributed by atoms with Crippen LogP contribution in [-0.4, -0.2) is 35.1 Å². The highest BCUT2D eigenvalue weighted by Gasteiger charge is 2.17. The minimum absolute atomic E-state index is 0.157. The average Bonchev–Trinajstić information content (AvgIpc) is 2.48. The van der Waals surface area contributed by atoms with Crippen LogP contribution < -0.4 is 5.32 Å². The normalized spacial score (nSPS) is 18.8. The summed E-state index contributed by atoms with van der Waals surface area (Å²) in [5.41, 5.74) is 0.250. The summed E-state index contributed by atoms with van der Waals surface area (Å²) < 4.78 is 5.64. The van der Waals surface area contributed by atoms with Gasteiger partial charge in [0.25, 0.3) is 5.91 Å². The van der Waals surface area contributed by atoms with Crippen LogP contribution in [0, 0.1) is 0 Å². The van der Waals surface area contributed by atoms with Crippen molar-refractivity contribution in [3.05, 3.63) is 22.7 Å². The molecular weight excluding hydrogens is 290 g/mol. The Morgan fingerprint density at radius 3 is 3.00 bits per heavy atom. The molecule has 2 heterocycles. The molecule has 0 bridgehead atoms. The third-order valence-electron chi connectivity index (χ3n) is 3.52. The second-order valence-corrected chi connectivity index (χ2v) is 6.02. The van der Waals surface area contributed by atoms with Crippen molar-refractivity contribution in [1.82, 2.24) is 15.3 Å². The molecule has 116 valence electrons. The summed E-state index contributed by atoms with van der Waals surface area (Å²) in [7, 11) is 0. The summed E-state index contributed by atoms with van der Waals surface area (Å²) in [4.78, 5) is 20.5. The van der Waals surface area contributed by atoms with Crippen LogP contribution in [0.4, 0.5) is 0 Å². The zero-order valence-electron chi connectivity index (χ0n) is 12.6. The number of carbonyl (C=O) groups is 1. The lowest BCUT2D eigenvalue weighted by molar-refractivity contribution is 0.0117. The van der Waals surface area contributed by atoms with E-state index in [0.29, 0.717) is 12.4 Å². The maximum atomic E-state index is 12.2. The van der Waals surface area contributed by atoms with Gasteiger partial charge in [-0.15, -0.1) is 0 Å². The van der Waals surface area contributed by atoms with Crippen molar-refractivity contribution in [1.29, 1.82) is 0 Å². The summed E-state index contributed by atoms with van der Waals surface area (Å²) in [5.74, 6) is 0.532. The maximum Gasteiger partial charge on any atom is 0.271 e. The molecule has 0 aliphatic carbocycles. The molecule has 0 saturated carbocycles. The molecule has 0 radical (unpaired) electrons. The molecular formula is C15H22ClN3O2. The van der Waals surface area contributed by atoms with Gasteiger partial charge in [0.2, 0.25) is 0 Å². The topological polar surface area (TPSA) is 64.1 Å². The van der Waals surface area contributed by atoms with Crippen molar-refractivity contribution < 1.29 is 9.53 Å². The van der Waals surface area contributed by atoms with Crippen LogP contribution in [-0.2, 0) is 4.74 Å². The molecule has 1 N–H and O–H groups in total. The highest BCUT2D eigenvalue weighted by Crippen LogP contribution is 2.17. The van der Waals surface area contributed by atoms with Crippen LogP contribution in [0.1, 0.15) is 61.8 Å². The van der Waals surface area contributed by atoms with E-state index in [9.17, 15) is 4.79 Å². The lowest BCUT2D eigenvalue weighted by Crippen LogP contribution is -2.30. The van der Waals surface area contributed by atoms with Crippen molar-refractivity contribution in [2.24, 2.45) is 0 Å². The number of hydrogen-bond acceptors (Lipinski definition) is 4. The molecule has 1 unspecified atom stereocenters. The molecule has 2 rings (SSSR count). The fourth-order valence-corrected chi connectivity index (χ4v) is 2.46. The van der Waals surface area contributed by atoms with E-state index in [-0.39, 0.29) is 28.6 Å². The number of ether oxygens (including phenoxy) is 1. The summed E-state index contributed by atoms with van der Waals surface area (Å²) in [5, 5.41) is 3.14. The van der Waals surface area contributed by atoms with Crippen LogP contribution in [0.5, 0.6) is 0 Å². The number of carbonyl (C=O) groups excluding carboxylic acids is 1. The van der Waals surface area contributed by atoms with Crippen LogP contribution >= 0.6 is 11.6 Å². The monoisotopic (exact) mass is 311 g/mol. The molecule has 1 saturated heterocycles. The third kappa shape index (κ3) is 4.64. The van der Waals surface area contributed by atoms with Gasteiger partial charge in [0.1, 0.15) is 11.5 Å². The van der Waals surface area contributed by atoms with Gasteiger partial charge < -0.3 is 10.1 Å². The fourth-order valence-electron chi connectivity index (χ4n) is 2.28. The minimum Gasteiger partial charge on any atom is -0.378 e. The summed E-state index contributed by atoms with van der Waals surface area (Å²) >= 11 is 6.01. The van der Waals surface area contributed by atoms with Crippen LogP contribution in [0.3, 0.4) is 0 Å². The third-order valence-corrected chi connectivity index (χ3v) is 3.80. The predicted molar refractivity (Wildman–Crippen MR) is 81.7 cm³/mol. The van der Waals surface area contributed by atoms with E-state index in [4.69, 9.17) is 16.3 Å². The largest absolute Gasteiger partial charge is 0.378 e. The molecule has 6 heteroatoms. The predicted octanol–water partition coefficient (Wildman–Crippen LogP) is 2.94. The van der Waals surface area contributed by atoms with Gasteiger partial charge in [0, 0.05) is 19.1 Å². The zero-order valence-corrected chi connectivity index (χ0v) is 13.3. The maximum absolute atomic E-state index is 12.2. The molecule has 0 spiro atoms. The molecule has 1 aromatic rings. The molecule has 5 nitrogen and oxygen atoms in total. The molecule has 1 fully saturated rings. The van der Waals surface area contributed by atoms with Crippen LogP contribution in [0.15, 0.2) is 6.20 Å². The van der Waals surface area contributed by atoms with E-state index in [2.05, 4.69) is 15.3 Å². The van der Waals surface area contributed by atoms with Gasteiger partial charge in [-0.1, -0.05) is 25.4 Å². The van der Waals surface area contributed by atoms with Gasteiger partial charge in [-0.3, -0.25) is 4.79 Å². The number of nitrogens with zero attached hydrogens (tertiary/aromatic N) is 2. The highest BCUT2D eigenvalue weighted by molar-refractivity contribution is 6.33. The van der Waals surface area contributed by atoms with Crippen LogP contribution in [0.25, 0.3) is 0 Å². The van der Waals surface area contributed by atoms with E-state index in [1.165, 1.54) is 12.6 Å². The average molecular weight is 312 g/mol. The van der Waals surface area contributed by atoms with E-state index < -0.39 is 0 Å². The first-order valence-electron chi connectivity index (χ1n) is 7.50. The van der Waals surface area contributed by atoms with Gasteiger partial charge in [0.15, 0.2) is 0 Å². The molecule has 0 aromatic carbocycles. The van der Waals surface area contributed by atoms with Crippen molar-refractivity contribution in [2.75, 3.05) is 13.2 Å². The number of amides is 1. The lowest BCUT2D eigenvalue weighted by Gasteiger charge is -2.22. The molecule has 1 aliphatic rings. The lowest BCUT2D eigenvalue weighted by atomic mass is 10.1. The smallest absolute Gasteiger partial charge is 0.271 e. The molecule has 1 aliphatic heterocycles. The van der Waals surface area contributed by atoms with Gasteiger partial charge >= 0.3 is 0 Å². The molecule has 1 atom stereocenters. The number of aromatic nitrogens is 2. The second-order valence-electron chi connectivity index (χ2n) is 5.61. The fraction of sp³-hybridized carbons (Fsp3) is 0.667. The summed E-state index contributed by atoms with van der Waals surface area (Å²) in [6.07, 6.45) is 5.98. The second kappa shape index (κ2) is 7.71. The van der Waals surface area contributed by atoms with Gasteiger partial charge in [0.05, 0.1) is 17.3 Å². The van der Waals surface area contributed by atoms with E-state index in [1.54, 1.807) is 0 Å². The standard InChI is InChI=1S/C15H22ClN3O2/c1-10(2)14-18-9-12(16)13(19-14)15(20)17-7-6-11-5-3-4-8-21-11/h9-11H,3-8H2,1-2H3,(H,17,20). The van der Waals surface area contributed by atoms with E-state index >= 15 is 0 Å². The van der Waals surface area contributed by atoms with Crippen molar-refractivity contribution in [3.63, 3.8) is 0 Å². The van der Waals surface area contributed by atoms with E-state index in [0.717, 1.165) is 25.9 Å². The SMILES string of the molecule is CC(C)c1ncc(Cl)c(C(=O)NCCC2CCCCO2)n1. The minimum atomic E-state index is -0.250. The van der Waals surface area contributed by atoms with Gasteiger partial charge in [-0.25, -0.2) is 9.97 Å². The Bertz CT molecular complexity index is 488. The Morgan fingerprint density at radius 1 is 1.52 bits per heavy atom. The number of hydrogen-bond donors (Lipinski definition) is 1. The first-order chi connectivity index (χ1) is 10.1. The Hall–Kier alpha value is -1.20. The Labute approximate surface area is 130 Å². The highest BCUT2D eigenvalue weighted by atomic mass is 35.5. The number of nitrogens with one attached hydrogen (secondary N) is 1. The van der Waals surface area contributed by atoms with Gasteiger partial charge in [-0.2, -0.15) is 0 Å². The van der Waals surface area contributed by atoms with E-state index in [1.807, 2.05) is 13.8 Å². The number of halogens is 1. The summed E-state index contributed by atoms with van der Waals surface area (Å²) in [6.45, 7) is 5.35. The Kier molecular flexibility index (Phi) is 5.94. The Balaban J connectivity index is 1.89. The van der Waals surface area contributed by atoms with Crippen molar-refractivity contribution in [2.45, 2.75) is 51.6 Å². The Morgan fingerprint density at radius 2 is 2.33 bits per heavy atom. The van der Waals surface area contributed by atoms with Crippen molar-refractivity contribution >= 4 is 17.5 Å². The van der Waals surface area contributed by atoms with Gasteiger partial charge in [-0.05, 0) is 25.7 Å². The quantitative estimate of drug-likeness (QED) is 0.908. The molecule has 1 aromatic heterocycles. The van der Waals surface area contributed by atoms with Crippen LogP contribution in [0.2, 0.25) is 5.02 Å². The first kappa shape index (κ1) is 16.2. The molecule has 21 heavy (non-hydrogen) atoms. The van der Waals surface area contributed by atoms with Crippen molar-refractivity contribution in [3.8, 4) is 0 Å². The zero-order chi connectivity index (χ0) is 15.2. The molecule has 1 amide bonds. The number of rotatable bonds is 5. The summed E-state index contributed by atoms with van der Waals surface area (Å²) in [6, 6.07) is 0. The first-order valence-corrected chi connectivity index (χ1v) is 7.88.